The number of benzene rings is 1. The lowest BCUT2D eigenvalue weighted by molar-refractivity contribution is 0.0732. The van der Waals surface area contributed by atoms with Crippen LogP contribution >= 0.6 is 0 Å². The van der Waals surface area contributed by atoms with Crippen LogP contribution in [0.2, 0.25) is 0 Å². The highest BCUT2D eigenvalue weighted by Crippen LogP contribution is 2.31. The standard InChI is InChI=1S/C21H25N5O2/c1-12-19(16-10-14(27)6-7-18(16)25(12)5)21(28)26-9-8-15-17(11-26)22-13(2)23-20(15)24(3)4/h6-7,10,27H,8-9,11H2,1-5H3. The highest BCUT2D eigenvalue weighted by molar-refractivity contribution is 6.08. The first kappa shape index (κ1) is 18.3. The molecule has 0 unspecified atom stereocenters. The summed E-state index contributed by atoms with van der Waals surface area (Å²) in [7, 11) is 5.90. The number of rotatable bonds is 2. The van der Waals surface area contributed by atoms with E-state index in [9.17, 15) is 9.90 Å². The lowest BCUT2D eigenvalue weighted by Crippen LogP contribution is -2.37. The number of hydrogen-bond donors (Lipinski definition) is 1. The Balaban J connectivity index is 1.75. The van der Waals surface area contributed by atoms with Gasteiger partial charge >= 0.3 is 0 Å². The van der Waals surface area contributed by atoms with E-state index >= 15 is 0 Å². The molecule has 7 heteroatoms. The number of aromatic nitrogens is 3. The lowest BCUT2D eigenvalue weighted by atomic mass is 10.0. The largest absolute Gasteiger partial charge is 0.508 e. The van der Waals surface area contributed by atoms with Gasteiger partial charge in [-0.3, -0.25) is 4.79 Å². The third kappa shape index (κ3) is 2.78. The maximum Gasteiger partial charge on any atom is 0.256 e. The molecule has 1 aliphatic heterocycles. The Bertz CT molecular complexity index is 1100. The third-order valence-electron chi connectivity index (χ3n) is 5.56. The maximum atomic E-state index is 13.4. The normalized spacial score (nSPS) is 13.7. The predicted octanol–water partition coefficient (Wildman–Crippen LogP) is 2.56. The summed E-state index contributed by atoms with van der Waals surface area (Å²) in [5, 5.41) is 10.7. The van der Waals surface area contributed by atoms with Gasteiger partial charge < -0.3 is 19.5 Å². The van der Waals surface area contributed by atoms with Crippen molar-refractivity contribution in [1.29, 1.82) is 0 Å². The highest BCUT2D eigenvalue weighted by Gasteiger charge is 2.29. The minimum absolute atomic E-state index is 0.0259. The molecule has 146 valence electrons. The zero-order valence-electron chi connectivity index (χ0n) is 16.9. The van der Waals surface area contributed by atoms with Gasteiger partial charge in [-0.2, -0.15) is 0 Å². The topological polar surface area (TPSA) is 74.5 Å². The van der Waals surface area contributed by atoms with Crippen molar-refractivity contribution >= 4 is 22.6 Å². The average molecular weight is 379 g/mol. The van der Waals surface area contributed by atoms with Crippen molar-refractivity contribution in [2.75, 3.05) is 25.5 Å². The van der Waals surface area contributed by atoms with Crippen LogP contribution in [0, 0.1) is 13.8 Å². The number of carbonyl (C=O) groups excluding carboxylic acids is 1. The molecule has 0 aliphatic carbocycles. The fourth-order valence-electron chi connectivity index (χ4n) is 4.06. The Morgan fingerprint density at radius 2 is 1.96 bits per heavy atom. The number of phenolic OH excluding ortho intramolecular Hbond substituents is 1. The monoisotopic (exact) mass is 379 g/mol. The molecule has 0 bridgehead atoms. The molecule has 0 atom stereocenters. The van der Waals surface area contributed by atoms with E-state index in [1.54, 1.807) is 12.1 Å². The van der Waals surface area contributed by atoms with Crippen LogP contribution in [-0.2, 0) is 20.0 Å². The zero-order chi connectivity index (χ0) is 20.2. The fourth-order valence-corrected chi connectivity index (χ4v) is 4.06. The van der Waals surface area contributed by atoms with E-state index in [-0.39, 0.29) is 11.7 Å². The van der Waals surface area contributed by atoms with E-state index < -0.39 is 0 Å². The van der Waals surface area contributed by atoms with Gasteiger partial charge in [-0.25, -0.2) is 9.97 Å². The SMILES string of the molecule is Cc1nc2c(c(N(C)C)n1)CCN(C(=O)c1c(C)n(C)c3ccc(O)cc13)C2. The van der Waals surface area contributed by atoms with Crippen molar-refractivity contribution in [1.82, 2.24) is 19.4 Å². The summed E-state index contributed by atoms with van der Waals surface area (Å²) in [5.41, 5.74) is 4.51. The van der Waals surface area contributed by atoms with Gasteiger partial charge in [-0.1, -0.05) is 0 Å². The number of aryl methyl sites for hydroxylation is 2. The van der Waals surface area contributed by atoms with Crippen LogP contribution in [0.25, 0.3) is 10.9 Å². The summed E-state index contributed by atoms with van der Waals surface area (Å²) < 4.78 is 2.00. The molecule has 1 aliphatic rings. The molecule has 7 nitrogen and oxygen atoms in total. The first-order valence-corrected chi connectivity index (χ1v) is 9.39. The molecule has 28 heavy (non-hydrogen) atoms. The van der Waals surface area contributed by atoms with Gasteiger partial charge in [0.15, 0.2) is 0 Å². The van der Waals surface area contributed by atoms with Crippen molar-refractivity contribution in [2.24, 2.45) is 7.05 Å². The molecule has 3 heterocycles. The van der Waals surface area contributed by atoms with Crippen LogP contribution in [-0.4, -0.2) is 51.1 Å². The summed E-state index contributed by atoms with van der Waals surface area (Å²) in [6.07, 6.45) is 0.726. The second-order valence-electron chi connectivity index (χ2n) is 7.61. The molecule has 1 N–H and O–H groups in total. The van der Waals surface area contributed by atoms with Gasteiger partial charge in [0.25, 0.3) is 5.91 Å². The molecule has 3 aromatic rings. The molecule has 4 rings (SSSR count). The molecular weight excluding hydrogens is 354 g/mol. The average Bonchev–Trinajstić information content (AvgIpc) is 2.89. The molecule has 0 fully saturated rings. The fraction of sp³-hybridized carbons (Fsp3) is 0.381. The second kappa shape index (κ2) is 6.51. The summed E-state index contributed by atoms with van der Waals surface area (Å²) in [5.74, 6) is 1.78. The number of aromatic hydroxyl groups is 1. The van der Waals surface area contributed by atoms with Gasteiger partial charge in [-0.15, -0.1) is 0 Å². The first-order chi connectivity index (χ1) is 13.3. The van der Waals surface area contributed by atoms with Crippen LogP contribution < -0.4 is 4.90 Å². The number of fused-ring (bicyclic) bond motifs is 2. The van der Waals surface area contributed by atoms with E-state index in [0.29, 0.717) is 24.5 Å². The number of amides is 1. The first-order valence-electron chi connectivity index (χ1n) is 9.39. The number of nitrogens with zero attached hydrogens (tertiary/aromatic N) is 5. The van der Waals surface area contributed by atoms with Crippen LogP contribution in [0.1, 0.15) is 33.1 Å². The highest BCUT2D eigenvalue weighted by atomic mass is 16.3. The van der Waals surface area contributed by atoms with Crippen molar-refractivity contribution in [3.8, 4) is 5.75 Å². The van der Waals surface area contributed by atoms with E-state index in [0.717, 1.165) is 40.1 Å². The van der Waals surface area contributed by atoms with Gasteiger partial charge in [-0.05, 0) is 38.5 Å². The smallest absolute Gasteiger partial charge is 0.256 e. The third-order valence-corrected chi connectivity index (χ3v) is 5.56. The predicted molar refractivity (Wildman–Crippen MR) is 109 cm³/mol. The molecule has 0 saturated heterocycles. The molecule has 1 amide bonds. The van der Waals surface area contributed by atoms with Crippen molar-refractivity contribution in [2.45, 2.75) is 26.8 Å². The summed E-state index contributed by atoms with van der Waals surface area (Å²) in [6.45, 7) is 4.91. The van der Waals surface area contributed by atoms with E-state index in [1.165, 1.54) is 0 Å². The Morgan fingerprint density at radius 3 is 2.68 bits per heavy atom. The Labute approximate surface area is 164 Å². The molecule has 0 radical (unpaired) electrons. The Kier molecular flexibility index (Phi) is 4.25. The molecule has 0 saturated carbocycles. The van der Waals surface area contributed by atoms with E-state index in [4.69, 9.17) is 0 Å². The summed E-state index contributed by atoms with van der Waals surface area (Å²) in [4.78, 5) is 26.5. The molecule has 1 aromatic carbocycles. The van der Waals surface area contributed by atoms with Gasteiger partial charge in [0.1, 0.15) is 17.4 Å². The van der Waals surface area contributed by atoms with Gasteiger partial charge in [0.2, 0.25) is 0 Å². The van der Waals surface area contributed by atoms with Crippen molar-refractivity contribution in [3.63, 3.8) is 0 Å². The van der Waals surface area contributed by atoms with Crippen molar-refractivity contribution in [3.05, 3.63) is 46.5 Å². The molecular formula is C21H25N5O2. The van der Waals surface area contributed by atoms with Crippen LogP contribution in [0.4, 0.5) is 5.82 Å². The van der Waals surface area contributed by atoms with Crippen LogP contribution in [0.3, 0.4) is 0 Å². The zero-order valence-corrected chi connectivity index (χ0v) is 16.9. The summed E-state index contributed by atoms with van der Waals surface area (Å²) in [6, 6.07) is 5.17. The Hall–Kier alpha value is -3.09. The Morgan fingerprint density at radius 1 is 1.21 bits per heavy atom. The van der Waals surface area contributed by atoms with Crippen LogP contribution in [0.5, 0.6) is 5.75 Å². The van der Waals surface area contributed by atoms with Crippen molar-refractivity contribution < 1.29 is 9.90 Å². The van der Waals surface area contributed by atoms with Gasteiger partial charge in [0.05, 0.1) is 17.8 Å². The molecule has 2 aromatic heterocycles. The quantitative estimate of drug-likeness (QED) is 0.741. The summed E-state index contributed by atoms with van der Waals surface area (Å²) >= 11 is 0. The van der Waals surface area contributed by atoms with Gasteiger partial charge in [0, 0.05) is 49.8 Å². The van der Waals surface area contributed by atoms with E-state index in [2.05, 4.69) is 9.97 Å². The second-order valence-corrected chi connectivity index (χ2v) is 7.61. The minimum Gasteiger partial charge on any atom is -0.508 e. The van der Waals surface area contributed by atoms with Crippen LogP contribution in [0.15, 0.2) is 18.2 Å². The minimum atomic E-state index is -0.0259. The maximum absolute atomic E-state index is 13.4. The van der Waals surface area contributed by atoms with E-state index in [1.807, 2.05) is 55.4 Å². The lowest BCUT2D eigenvalue weighted by Gasteiger charge is -2.30. The number of anilines is 1. The number of hydrogen-bond acceptors (Lipinski definition) is 5. The number of phenols is 1. The molecule has 0 spiro atoms. The number of carbonyl (C=O) groups is 1.